The average Bonchev–Trinajstić information content (AvgIpc) is 3.19. The van der Waals surface area contributed by atoms with Gasteiger partial charge in [-0.05, 0) is 51.9 Å². The minimum atomic E-state index is -4.29. The molecule has 1 N–H and O–H groups in total. The predicted molar refractivity (Wildman–Crippen MR) is 239 cm³/mol. The van der Waals surface area contributed by atoms with E-state index in [4.69, 9.17) is 18.5 Å². The highest BCUT2D eigenvalue weighted by Gasteiger charge is 2.25. The van der Waals surface area contributed by atoms with Gasteiger partial charge in [-0.1, -0.05) is 204 Å². The fourth-order valence-corrected chi connectivity index (χ4v) is 7.52. The summed E-state index contributed by atoms with van der Waals surface area (Å²) in [4.78, 5) is 34.8. The summed E-state index contributed by atoms with van der Waals surface area (Å²) in [5.74, 6) is -0.824. The van der Waals surface area contributed by atoms with Gasteiger partial charge in [-0.25, -0.2) is 4.57 Å². The third-order valence-corrected chi connectivity index (χ3v) is 11.3. The van der Waals surface area contributed by atoms with Crippen LogP contribution in [0.5, 0.6) is 0 Å². The minimum Gasteiger partial charge on any atom is -0.462 e. The van der Waals surface area contributed by atoms with Crippen LogP contribution in [0.3, 0.4) is 0 Å². The Hall–Kier alpha value is -1.73. The summed E-state index contributed by atoms with van der Waals surface area (Å²) >= 11 is 0. The lowest BCUT2D eigenvalue weighted by Crippen LogP contribution is -2.29. The van der Waals surface area contributed by atoms with Crippen molar-refractivity contribution in [1.82, 2.24) is 0 Å². The quantitative estimate of drug-likeness (QED) is 0.0280. The maximum Gasteiger partial charge on any atom is 0.472 e. The molecule has 334 valence electrons. The second kappa shape index (κ2) is 43.8. The zero-order valence-corrected chi connectivity index (χ0v) is 38.1. The first-order valence-corrected chi connectivity index (χ1v) is 25.3. The monoisotopic (exact) mass is 825 g/mol. The van der Waals surface area contributed by atoms with Gasteiger partial charge in [0, 0.05) is 12.8 Å². The summed E-state index contributed by atoms with van der Waals surface area (Å²) in [7, 11) is -4.29. The summed E-state index contributed by atoms with van der Waals surface area (Å²) < 4.78 is 32.6. The van der Waals surface area contributed by atoms with Crippen LogP contribution in [0.15, 0.2) is 36.5 Å². The number of phosphoric ester groups is 1. The molecule has 0 aromatic carbocycles. The molecule has 0 saturated carbocycles. The summed E-state index contributed by atoms with van der Waals surface area (Å²) in [6.45, 7) is 5.35. The molecule has 0 heterocycles. The standard InChI is InChI=1S/C48H89O8P/c1-4-7-9-11-13-15-17-19-20-21-22-23-24-25-26-27-28-29-31-32-34-36-38-40-42-47(49)53-44-46(45-55-57(51,52)54-6-3)56-48(50)43-41-39-37-35-33-30-18-16-14-12-10-8-5-2/h8,10,14,16,30,33,46H,4-7,9,11-13,15,17-29,31-32,34-45H2,1-3H3,(H,51,52)/b10-8-,16-14-,33-30-. The van der Waals surface area contributed by atoms with Crippen molar-refractivity contribution in [1.29, 1.82) is 0 Å². The van der Waals surface area contributed by atoms with Crippen molar-refractivity contribution in [2.24, 2.45) is 0 Å². The number of ether oxygens (including phenoxy) is 2. The van der Waals surface area contributed by atoms with E-state index in [2.05, 4.69) is 50.3 Å². The molecule has 0 radical (unpaired) electrons. The summed E-state index contributed by atoms with van der Waals surface area (Å²) in [6.07, 6.45) is 50.8. The van der Waals surface area contributed by atoms with Crippen LogP contribution in [-0.4, -0.2) is 42.8 Å². The van der Waals surface area contributed by atoms with Crippen LogP contribution in [-0.2, 0) is 32.7 Å². The van der Waals surface area contributed by atoms with Crippen LogP contribution in [0, 0.1) is 0 Å². The molecule has 0 aliphatic carbocycles. The summed E-state index contributed by atoms with van der Waals surface area (Å²) in [6, 6.07) is 0. The SMILES string of the molecule is CC/C=C\C/C=C\C/C=C\CCCCCC(=O)OC(COC(=O)CCCCCCCCCCCCCCCCCCCCCCCCCC)COP(=O)(O)OCC. The Bertz CT molecular complexity index is 1030. The molecule has 2 atom stereocenters. The van der Waals surface area contributed by atoms with Crippen LogP contribution in [0.4, 0.5) is 0 Å². The Labute approximate surface area is 351 Å². The van der Waals surface area contributed by atoms with E-state index in [-0.39, 0.29) is 25.6 Å². The Morgan fingerprint density at radius 1 is 0.491 bits per heavy atom. The molecule has 0 fully saturated rings. The molecule has 0 aromatic heterocycles. The van der Waals surface area contributed by atoms with Crippen LogP contribution < -0.4 is 0 Å². The molecule has 0 aliphatic rings. The molecule has 8 nitrogen and oxygen atoms in total. The molecular weight excluding hydrogens is 735 g/mol. The number of hydrogen-bond acceptors (Lipinski definition) is 7. The Morgan fingerprint density at radius 2 is 0.895 bits per heavy atom. The second-order valence-corrected chi connectivity index (χ2v) is 17.2. The number of carbonyl (C=O) groups excluding carboxylic acids is 2. The largest absolute Gasteiger partial charge is 0.472 e. The van der Waals surface area contributed by atoms with E-state index >= 15 is 0 Å². The number of unbranched alkanes of at least 4 members (excludes halogenated alkanes) is 26. The smallest absolute Gasteiger partial charge is 0.462 e. The first-order chi connectivity index (χ1) is 27.8. The van der Waals surface area contributed by atoms with Gasteiger partial charge >= 0.3 is 19.8 Å². The molecule has 0 bridgehead atoms. The van der Waals surface area contributed by atoms with Crippen LogP contribution >= 0.6 is 7.82 Å². The molecule has 57 heavy (non-hydrogen) atoms. The first kappa shape index (κ1) is 55.3. The van der Waals surface area contributed by atoms with Gasteiger partial charge in [-0.2, -0.15) is 0 Å². The molecular formula is C48H89O8P. The number of rotatable bonds is 44. The number of allylic oxidation sites excluding steroid dienone is 6. The lowest BCUT2D eigenvalue weighted by atomic mass is 10.0. The van der Waals surface area contributed by atoms with Crippen LogP contribution in [0.25, 0.3) is 0 Å². The number of esters is 2. The second-order valence-electron chi connectivity index (χ2n) is 15.8. The van der Waals surface area contributed by atoms with Crippen molar-refractivity contribution in [3.63, 3.8) is 0 Å². The zero-order chi connectivity index (χ0) is 41.8. The minimum absolute atomic E-state index is 0.00462. The van der Waals surface area contributed by atoms with E-state index in [9.17, 15) is 19.0 Å². The molecule has 2 unspecified atom stereocenters. The van der Waals surface area contributed by atoms with E-state index in [1.54, 1.807) is 6.92 Å². The van der Waals surface area contributed by atoms with E-state index in [1.807, 2.05) is 0 Å². The number of hydrogen-bond donors (Lipinski definition) is 1. The van der Waals surface area contributed by atoms with Crippen molar-refractivity contribution in [2.45, 2.75) is 239 Å². The van der Waals surface area contributed by atoms with Crippen molar-refractivity contribution in [3.8, 4) is 0 Å². The van der Waals surface area contributed by atoms with Gasteiger partial charge in [0.25, 0.3) is 0 Å². The van der Waals surface area contributed by atoms with E-state index in [0.29, 0.717) is 12.8 Å². The van der Waals surface area contributed by atoms with Gasteiger partial charge in [-0.3, -0.25) is 18.6 Å². The molecule has 0 saturated heterocycles. The maximum absolute atomic E-state index is 12.5. The molecule has 0 aliphatic heterocycles. The lowest BCUT2D eigenvalue weighted by molar-refractivity contribution is -0.161. The van der Waals surface area contributed by atoms with Gasteiger partial charge in [0.05, 0.1) is 13.2 Å². The topological polar surface area (TPSA) is 108 Å². The highest BCUT2D eigenvalue weighted by atomic mass is 31.2. The van der Waals surface area contributed by atoms with E-state index in [1.165, 1.54) is 135 Å². The van der Waals surface area contributed by atoms with E-state index < -0.39 is 26.5 Å². The van der Waals surface area contributed by atoms with E-state index in [0.717, 1.165) is 57.8 Å². The van der Waals surface area contributed by atoms with Crippen LogP contribution in [0.2, 0.25) is 0 Å². The fourth-order valence-electron chi connectivity index (χ4n) is 6.76. The normalized spacial score (nSPS) is 13.5. The zero-order valence-electron chi connectivity index (χ0n) is 37.2. The highest BCUT2D eigenvalue weighted by molar-refractivity contribution is 7.47. The van der Waals surface area contributed by atoms with Crippen molar-refractivity contribution in [2.75, 3.05) is 19.8 Å². The third-order valence-electron chi connectivity index (χ3n) is 10.2. The van der Waals surface area contributed by atoms with Crippen molar-refractivity contribution in [3.05, 3.63) is 36.5 Å². The Kier molecular flexibility index (Phi) is 42.5. The molecule has 9 heteroatoms. The van der Waals surface area contributed by atoms with Gasteiger partial charge in [0.2, 0.25) is 0 Å². The van der Waals surface area contributed by atoms with Crippen LogP contribution in [0.1, 0.15) is 233 Å². The summed E-state index contributed by atoms with van der Waals surface area (Å²) in [5.41, 5.74) is 0. The molecule has 0 aromatic rings. The molecule has 0 amide bonds. The predicted octanol–water partition coefficient (Wildman–Crippen LogP) is 15.2. The van der Waals surface area contributed by atoms with Gasteiger partial charge in [-0.15, -0.1) is 0 Å². The van der Waals surface area contributed by atoms with Gasteiger partial charge in [0.15, 0.2) is 6.10 Å². The van der Waals surface area contributed by atoms with Crippen molar-refractivity contribution >= 4 is 19.8 Å². The lowest BCUT2D eigenvalue weighted by Gasteiger charge is -2.19. The Morgan fingerprint density at radius 3 is 1.35 bits per heavy atom. The number of carbonyl (C=O) groups is 2. The summed E-state index contributed by atoms with van der Waals surface area (Å²) in [5, 5.41) is 0. The number of phosphoric acid groups is 1. The highest BCUT2D eigenvalue weighted by Crippen LogP contribution is 2.43. The Balaban J connectivity index is 3.93. The molecule has 0 spiro atoms. The third kappa shape index (κ3) is 43.7. The molecule has 0 rings (SSSR count). The fraction of sp³-hybridized carbons (Fsp3) is 0.833. The average molecular weight is 825 g/mol. The first-order valence-electron chi connectivity index (χ1n) is 23.8. The van der Waals surface area contributed by atoms with Gasteiger partial charge < -0.3 is 14.4 Å². The maximum atomic E-state index is 12.5. The van der Waals surface area contributed by atoms with Crippen molar-refractivity contribution < 1.29 is 37.6 Å². The van der Waals surface area contributed by atoms with Gasteiger partial charge in [0.1, 0.15) is 6.61 Å².